The van der Waals surface area contributed by atoms with Gasteiger partial charge in [0.15, 0.2) is 5.96 Å². The third kappa shape index (κ3) is 7.80. The molecule has 2 aliphatic rings. The number of amides is 1. The lowest BCUT2D eigenvalue weighted by atomic mass is 10.00. The van der Waals surface area contributed by atoms with Crippen molar-refractivity contribution in [2.75, 3.05) is 45.8 Å². The van der Waals surface area contributed by atoms with E-state index in [1.54, 1.807) is 4.90 Å². The van der Waals surface area contributed by atoms with Gasteiger partial charge in [0.25, 0.3) is 0 Å². The van der Waals surface area contributed by atoms with Crippen LogP contribution in [0.15, 0.2) is 29.3 Å². The first-order valence-corrected chi connectivity index (χ1v) is 10.7. The normalized spacial score (nSPS) is 18.8. The van der Waals surface area contributed by atoms with Crippen LogP contribution in [0.2, 0.25) is 0 Å². The van der Waals surface area contributed by atoms with Crippen molar-refractivity contribution < 1.29 is 14.6 Å². The quantitative estimate of drug-likeness (QED) is 0.341. The number of fused-ring (bicyclic) bond motifs is 1. The van der Waals surface area contributed by atoms with Crippen molar-refractivity contribution in [3.05, 3.63) is 35.4 Å². The molecule has 3 N–H and O–H groups in total. The monoisotopic (exact) mass is 545 g/mol. The number of rotatable bonds is 4. The summed E-state index contributed by atoms with van der Waals surface area (Å²) in [4.78, 5) is 22.5. The molecule has 0 saturated carbocycles. The van der Waals surface area contributed by atoms with Crippen LogP contribution in [-0.4, -0.2) is 89.4 Å². The van der Waals surface area contributed by atoms with Crippen molar-refractivity contribution in [3.63, 3.8) is 0 Å². The highest BCUT2D eigenvalue weighted by Crippen LogP contribution is 2.18. The molecule has 1 atom stereocenters. The molecule has 0 aliphatic carbocycles. The number of halogens is 1. The number of hydrogen-bond acceptors (Lipinski definition) is 5. The summed E-state index contributed by atoms with van der Waals surface area (Å²) < 4.78 is 5.42. The molecule has 0 bridgehead atoms. The largest absolute Gasteiger partial charge is 0.444 e. The van der Waals surface area contributed by atoms with Crippen LogP contribution in [0.1, 0.15) is 31.9 Å². The number of guanidine groups is 1. The second-order valence-corrected chi connectivity index (χ2v) is 9.06. The van der Waals surface area contributed by atoms with E-state index in [1.165, 1.54) is 11.1 Å². The van der Waals surface area contributed by atoms with Gasteiger partial charge in [-0.1, -0.05) is 24.3 Å². The van der Waals surface area contributed by atoms with Crippen molar-refractivity contribution in [2.24, 2.45) is 10.7 Å². The number of β-amino-alcohol motifs (C(OH)–C–C–N with tert-alkyl or cyclic N) is 1. The number of hydrogen-bond donors (Lipinski definition) is 2. The summed E-state index contributed by atoms with van der Waals surface area (Å²) in [5, 5.41) is 10.4. The Morgan fingerprint density at radius 3 is 2.39 bits per heavy atom. The number of piperazine rings is 1. The van der Waals surface area contributed by atoms with Crippen molar-refractivity contribution >= 4 is 36.0 Å². The Bertz CT molecular complexity index is 760. The summed E-state index contributed by atoms with van der Waals surface area (Å²) in [5.41, 5.74) is 8.37. The second kappa shape index (κ2) is 11.3. The molecular weight excluding hydrogens is 509 g/mol. The van der Waals surface area contributed by atoms with Crippen molar-refractivity contribution in [1.82, 2.24) is 14.7 Å². The molecule has 174 valence electrons. The van der Waals surface area contributed by atoms with Crippen molar-refractivity contribution in [3.8, 4) is 0 Å². The van der Waals surface area contributed by atoms with Crippen LogP contribution in [0.4, 0.5) is 4.79 Å². The number of aliphatic imine (C=N–C) groups is 1. The van der Waals surface area contributed by atoms with Gasteiger partial charge in [0.1, 0.15) is 5.60 Å². The summed E-state index contributed by atoms with van der Waals surface area (Å²) >= 11 is 0. The molecule has 1 aromatic carbocycles. The van der Waals surface area contributed by atoms with Gasteiger partial charge < -0.3 is 25.4 Å². The Kier molecular flexibility index (Phi) is 9.38. The first-order chi connectivity index (χ1) is 14.2. The molecule has 31 heavy (non-hydrogen) atoms. The number of aliphatic hydroxyl groups excluding tert-OH is 1. The zero-order chi connectivity index (χ0) is 21.7. The topological polar surface area (TPSA) is 94.6 Å². The highest BCUT2D eigenvalue weighted by Gasteiger charge is 2.26. The SMILES string of the molecule is CC(C)(C)OC(=O)N1CCN(C(N)=NCC(O)CN2CCc3ccccc3C2)CC1.I. The molecule has 1 unspecified atom stereocenters. The van der Waals surface area contributed by atoms with E-state index in [1.807, 2.05) is 25.7 Å². The van der Waals surface area contributed by atoms with E-state index < -0.39 is 11.7 Å². The highest BCUT2D eigenvalue weighted by molar-refractivity contribution is 14.0. The van der Waals surface area contributed by atoms with Crippen molar-refractivity contribution in [2.45, 2.75) is 45.4 Å². The van der Waals surface area contributed by atoms with Gasteiger partial charge in [-0.2, -0.15) is 0 Å². The summed E-state index contributed by atoms with van der Waals surface area (Å²) in [6.07, 6.45) is 0.156. The van der Waals surface area contributed by atoms with E-state index in [2.05, 4.69) is 34.2 Å². The summed E-state index contributed by atoms with van der Waals surface area (Å²) in [7, 11) is 0. The Morgan fingerprint density at radius 1 is 1.13 bits per heavy atom. The van der Waals surface area contributed by atoms with Crippen molar-refractivity contribution in [1.29, 1.82) is 0 Å². The molecular formula is C22H36IN5O3. The predicted molar refractivity (Wildman–Crippen MR) is 133 cm³/mol. The third-order valence-electron chi connectivity index (χ3n) is 5.40. The second-order valence-electron chi connectivity index (χ2n) is 9.06. The number of carbonyl (C=O) groups is 1. The minimum atomic E-state index is -0.558. The molecule has 1 aromatic rings. The number of nitrogens with two attached hydrogens (primary N) is 1. The van der Waals surface area contributed by atoms with Crippen LogP contribution in [0, 0.1) is 0 Å². The van der Waals surface area contributed by atoms with Gasteiger partial charge in [0.05, 0.1) is 12.6 Å². The number of ether oxygens (including phenoxy) is 1. The molecule has 1 amide bonds. The van der Waals surface area contributed by atoms with Gasteiger partial charge >= 0.3 is 6.09 Å². The Balaban J connectivity index is 0.00000341. The van der Waals surface area contributed by atoms with E-state index in [0.29, 0.717) is 38.7 Å². The van der Waals surface area contributed by atoms with E-state index in [9.17, 15) is 9.90 Å². The van der Waals surface area contributed by atoms with E-state index in [4.69, 9.17) is 10.5 Å². The summed E-state index contributed by atoms with van der Waals surface area (Å²) in [6, 6.07) is 8.47. The molecule has 1 saturated heterocycles. The summed E-state index contributed by atoms with van der Waals surface area (Å²) in [6.45, 7) is 10.5. The number of nitrogens with zero attached hydrogens (tertiary/aromatic N) is 4. The average molecular weight is 545 g/mol. The maximum Gasteiger partial charge on any atom is 0.410 e. The average Bonchev–Trinajstić information content (AvgIpc) is 2.71. The van der Waals surface area contributed by atoms with E-state index in [-0.39, 0.29) is 36.6 Å². The van der Waals surface area contributed by atoms with Gasteiger partial charge in [-0.3, -0.25) is 9.89 Å². The van der Waals surface area contributed by atoms with E-state index in [0.717, 1.165) is 19.5 Å². The van der Waals surface area contributed by atoms with Crippen LogP contribution in [0.5, 0.6) is 0 Å². The fraction of sp³-hybridized carbons (Fsp3) is 0.636. The minimum absolute atomic E-state index is 0. The molecule has 0 aromatic heterocycles. The lowest BCUT2D eigenvalue weighted by Gasteiger charge is -2.36. The standard InChI is InChI=1S/C22H35N5O3.HI/c1-22(2,3)30-21(29)27-12-10-26(11-13-27)20(23)24-14-19(28)16-25-9-8-17-6-4-5-7-18(17)15-25;/h4-7,19,28H,8-16H2,1-3H3,(H2,23,24);1H. The molecule has 9 heteroatoms. The van der Waals surface area contributed by atoms with Crippen LogP contribution in [0.3, 0.4) is 0 Å². The Morgan fingerprint density at radius 2 is 1.74 bits per heavy atom. The lowest BCUT2D eigenvalue weighted by Crippen LogP contribution is -2.53. The van der Waals surface area contributed by atoms with Crippen LogP contribution >= 0.6 is 24.0 Å². The molecule has 2 heterocycles. The maximum absolute atomic E-state index is 12.2. The van der Waals surface area contributed by atoms with Crippen LogP contribution < -0.4 is 5.73 Å². The zero-order valence-corrected chi connectivity index (χ0v) is 21.1. The van der Waals surface area contributed by atoms with E-state index >= 15 is 0 Å². The smallest absolute Gasteiger partial charge is 0.410 e. The number of carbonyl (C=O) groups excluding carboxylic acids is 1. The highest BCUT2D eigenvalue weighted by atomic mass is 127. The molecule has 2 aliphatic heterocycles. The molecule has 8 nitrogen and oxygen atoms in total. The lowest BCUT2D eigenvalue weighted by molar-refractivity contribution is 0.0186. The zero-order valence-electron chi connectivity index (χ0n) is 18.8. The number of benzene rings is 1. The molecule has 0 spiro atoms. The fourth-order valence-corrected chi connectivity index (χ4v) is 3.81. The minimum Gasteiger partial charge on any atom is -0.444 e. The van der Waals surface area contributed by atoms with Gasteiger partial charge in [0.2, 0.25) is 0 Å². The molecule has 3 rings (SSSR count). The maximum atomic E-state index is 12.2. The van der Waals surface area contributed by atoms with Gasteiger partial charge in [-0.25, -0.2) is 4.79 Å². The predicted octanol–water partition coefficient (Wildman–Crippen LogP) is 1.89. The number of aliphatic hydroxyl groups is 1. The molecule has 0 radical (unpaired) electrons. The molecule has 1 fully saturated rings. The third-order valence-corrected chi connectivity index (χ3v) is 5.40. The fourth-order valence-electron chi connectivity index (χ4n) is 3.81. The van der Waals surface area contributed by atoms with Gasteiger partial charge in [-0.15, -0.1) is 24.0 Å². The first kappa shape index (κ1) is 25.7. The Hall–Kier alpha value is -1.59. The van der Waals surface area contributed by atoms with Crippen LogP contribution in [-0.2, 0) is 17.7 Å². The van der Waals surface area contributed by atoms with Gasteiger partial charge in [0, 0.05) is 45.8 Å². The summed E-state index contributed by atoms with van der Waals surface area (Å²) in [5.74, 6) is 0.418. The Labute approximate surface area is 202 Å². The van der Waals surface area contributed by atoms with Crippen LogP contribution in [0.25, 0.3) is 0 Å². The first-order valence-electron chi connectivity index (χ1n) is 10.7. The van der Waals surface area contributed by atoms with Gasteiger partial charge in [-0.05, 0) is 38.3 Å².